The van der Waals surface area contributed by atoms with Crippen LogP contribution in [0.15, 0.2) is 46.6 Å². The number of amides is 1. The van der Waals surface area contributed by atoms with Crippen LogP contribution in [0, 0.1) is 17.0 Å². The summed E-state index contributed by atoms with van der Waals surface area (Å²) in [5.74, 6) is -1.05. The first-order chi connectivity index (χ1) is 14.2. The summed E-state index contributed by atoms with van der Waals surface area (Å²) in [4.78, 5) is 35.5. The van der Waals surface area contributed by atoms with Crippen molar-refractivity contribution in [3.8, 4) is 11.5 Å². The molecule has 0 spiro atoms. The minimum Gasteiger partial charge on any atom is -0.493 e. The number of ether oxygens (including phenoxy) is 2. The van der Waals surface area contributed by atoms with Crippen LogP contribution in [-0.4, -0.2) is 36.9 Å². The third-order valence-electron chi connectivity index (χ3n) is 4.01. The van der Waals surface area contributed by atoms with Crippen molar-refractivity contribution in [1.29, 1.82) is 0 Å². The minimum atomic E-state index is -1.61. The molecule has 0 saturated carbocycles. The van der Waals surface area contributed by atoms with Crippen molar-refractivity contribution in [3.05, 3.63) is 52.1 Å². The normalized spacial score (nSPS) is 11.8. The van der Waals surface area contributed by atoms with E-state index in [2.05, 4.69) is 10.2 Å². The molecule has 0 aromatic heterocycles. The van der Waals surface area contributed by atoms with Crippen molar-refractivity contribution in [2.75, 3.05) is 18.6 Å². The highest BCUT2D eigenvalue weighted by Crippen LogP contribution is 2.38. The molecule has 0 radical (unpaired) electrons. The van der Waals surface area contributed by atoms with Gasteiger partial charge in [0, 0.05) is 17.8 Å². The predicted octanol–water partition coefficient (Wildman–Crippen LogP) is 4.15. The molecule has 1 amide bonds. The van der Waals surface area contributed by atoms with Gasteiger partial charge in [0.2, 0.25) is 6.04 Å². The standard InChI is InChI=1S/C19H19ClN4O6/c1-11-8-9-13(15(10-11)24(27)28)21-22-17(12(2)25)19(26)23(20)14-6-5-7-16(29-3)18(14)30-4/h5-10,17H,1-4H3. The Morgan fingerprint density at radius 2 is 1.90 bits per heavy atom. The van der Waals surface area contributed by atoms with E-state index in [1.165, 1.54) is 32.4 Å². The molecule has 0 N–H and O–H groups in total. The van der Waals surface area contributed by atoms with E-state index >= 15 is 0 Å². The lowest BCUT2D eigenvalue weighted by molar-refractivity contribution is -0.384. The number of nitro groups is 1. The number of nitrogens with zero attached hydrogens (tertiary/aromatic N) is 4. The predicted molar refractivity (Wildman–Crippen MR) is 110 cm³/mol. The number of azo groups is 1. The van der Waals surface area contributed by atoms with E-state index in [0.29, 0.717) is 15.7 Å². The maximum Gasteiger partial charge on any atom is 0.296 e. The number of aryl methyl sites for hydroxylation is 1. The van der Waals surface area contributed by atoms with Gasteiger partial charge in [-0.3, -0.25) is 19.7 Å². The largest absolute Gasteiger partial charge is 0.493 e. The van der Waals surface area contributed by atoms with E-state index in [4.69, 9.17) is 21.3 Å². The molecule has 0 heterocycles. The van der Waals surface area contributed by atoms with Crippen LogP contribution in [0.4, 0.5) is 17.1 Å². The summed E-state index contributed by atoms with van der Waals surface area (Å²) in [6.07, 6.45) is 0. The molecule has 30 heavy (non-hydrogen) atoms. The number of hydrogen-bond donors (Lipinski definition) is 0. The fourth-order valence-electron chi connectivity index (χ4n) is 2.54. The molecule has 0 fully saturated rings. The summed E-state index contributed by atoms with van der Waals surface area (Å²) >= 11 is 6.18. The molecule has 2 aromatic carbocycles. The van der Waals surface area contributed by atoms with Crippen LogP contribution in [0.1, 0.15) is 12.5 Å². The summed E-state index contributed by atoms with van der Waals surface area (Å²) < 4.78 is 11.1. The van der Waals surface area contributed by atoms with Gasteiger partial charge in [0.15, 0.2) is 23.0 Å². The molecule has 0 aliphatic heterocycles. The fraction of sp³-hybridized carbons (Fsp3) is 0.263. The zero-order valence-electron chi connectivity index (χ0n) is 16.7. The summed E-state index contributed by atoms with van der Waals surface area (Å²) in [7, 11) is 2.79. The van der Waals surface area contributed by atoms with Crippen molar-refractivity contribution >= 4 is 40.5 Å². The van der Waals surface area contributed by atoms with E-state index in [9.17, 15) is 19.7 Å². The zero-order chi connectivity index (χ0) is 22.4. The van der Waals surface area contributed by atoms with Crippen LogP contribution < -0.4 is 13.9 Å². The van der Waals surface area contributed by atoms with Gasteiger partial charge in [-0.15, -0.1) is 5.11 Å². The molecule has 11 heteroatoms. The van der Waals surface area contributed by atoms with E-state index in [1.54, 1.807) is 25.1 Å². The highest BCUT2D eigenvalue weighted by molar-refractivity contribution is 6.39. The fourth-order valence-corrected chi connectivity index (χ4v) is 2.77. The maximum absolute atomic E-state index is 12.8. The SMILES string of the molecule is COc1cccc(N(Cl)C(=O)C(N=Nc2ccc(C)cc2[N+](=O)[O-])C(C)=O)c1OC. The van der Waals surface area contributed by atoms with Gasteiger partial charge < -0.3 is 9.47 Å². The van der Waals surface area contributed by atoms with E-state index in [1.807, 2.05) is 0 Å². The van der Waals surface area contributed by atoms with E-state index < -0.39 is 22.7 Å². The highest BCUT2D eigenvalue weighted by atomic mass is 35.5. The quantitative estimate of drug-likeness (QED) is 0.202. The Hall–Kier alpha value is -3.53. The Bertz CT molecular complexity index is 1010. The van der Waals surface area contributed by atoms with Crippen molar-refractivity contribution in [2.45, 2.75) is 19.9 Å². The summed E-state index contributed by atoms with van der Waals surface area (Å²) in [5, 5.41) is 18.7. The maximum atomic E-state index is 12.8. The van der Waals surface area contributed by atoms with E-state index in [-0.39, 0.29) is 22.8 Å². The molecular formula is C19H19ClN4O6. The van der Waals surface area contributed by atoms with Gasteiger partial charge in [-0.05, 0) is 37.6 Å². The Morgan fingerprint density at radius 3 is 2.47 bits per heavy atom. The number of nitro benzene ring substituents is 1. The molecule has 2 aromatic rings. The van der Waals surface area contributed by atoms with Gasteiger partial charge in [-0.1, -0.05) is 12.1 Å². The Balaban J connectivity index is 2.40. The van der Waals surface area contributed by atoms with Crippen LogP contribution in [0.2, 0.25) is 0 Å². The van der Waals surface area contributed by atoms with Gasteiger partial charge in [-0.25, -0.2) is 4.42 Å². The number of carbonyl (C=O) groups excluding carboxylic acids is 2. The van der Waals surface area contributed by atoms with Crippen LogP contribution in [0.25, 0.3) is 0 Å². The first-order valence-electron chi connectivity index (χ1n) is 8.58. The van der Waals surface area contributed by atoms with Crippen molar-refractivity contribution in [2.24, 2.45) is 10.2 Å². The average molecular weight is 435 g/mol. The summed E-state index contributed by atoms with van der Waals surface area (Å²) in [6.45, 7) is 2.82. The Labute approximate surface area is 177 Å². The Kier molecular flexibility index (Phi) is 7.43. The summed E-state index contributed by atoms with van der Waals surface area (Å²) in [6, 6.07) is 7.36. The number of Topliss-reactive ketones (excluding diaryl/α,β-unsaturated/α-hetero) is 1. The third-order valence-corrected chi connectivity index (χ3v) is 4.36. The van der Waals surface area contributed by atoms with Gasteiger partial charge in [-0.2, -0.15) is 5.11 Å². The number of rotatable bonds is 8. The van der Waals surface area contributed by atoms with Crippen molar-refractivity contribution < 1.29 is 24.0 Å². The molecule has 0 aliphatic carbocycles. The number of halogens is 1. The lowest BCUT2D eigenvalue weighted by Crippen LogP contribution is -2.36. The molecule has 0 bridgehead atoms. The third kappa shape index (κ3) is 4.90. The summed E-state index contributed by atoms with van der Waals surface area (Å²) in [5.41, 5.74) is 0.388. The number of methoxy groups -OCH3 is 2. The smallest absolute Gasteiger partial charge is 0.296 e. The number of ketones is 1. The lowest BCUT2D eigenvalue weighted by Gasteiger charge is -2.20. The second-order valence-corrected chi connectivity index (χ2v) is 6.45. The number of carbonyl (C=O) groups is 2. The monoisotopic (exact) mass is 434 g/mol. The van der Waals surface area contributed by atoms with Gasteiger partial charge in [0.25, 0.3) is 11.6 Å². The molecule has 1 unspecified atom stereocenters. The van der Waals surface area contributed by atoms with Crippen molar-refractivity contribution in [1.82, 2.24) is 0 Å². The number of hydrogen-bond acceptors (Lipinski definition) is 8. The molecule has 158 valence electrons. The second kappa shape index (κ2) is 9.79. The topological polar surface area (TPSA) is 124 Å². The van der Waals surface area contributed by atoms with Gasteiger partial charge in [0.1, 0.15) is 5.69 Å². The van der Waals surface area contributed by atoms with Gasteiger partial charge in [0.05, 0.1) is 19.1 Å². The number of anilines is 1. The van der Waals surface area contributed by atoms with Crippen LogP contribution >= 0.6 is 11.8 Å². The molecule has 0 aliphatic rings. The van der Waals surface area contributed by atoms with Crippen molar-refractivity contribution in [3.63, 3.8) is 0 Å². The second-order valence-electron chi connectivity index (χ2n) is 6.11. The van der Waals surface area contributed by atoms with Gasteiger partial charge >= 0.3 is 0 Å². The van der Waals surface area contributed by atoms with Crippen LogP contribution in [0.5, 0.6) is 11.5 Å². The lowest BCUT2D eigenvalue weighted by atomic mass is 10.2. The molecule has 10 nitrogen and oxygen atoms in total. The first kappa shape index (κ1) is 22.8. The van der Waals surface area contributed by atoms with Crippen LogP contribution in [0.3, 0.4) is 0 Å². The average Bonchev–Trinajstić information content (AvgIpc) is 2.72. The highest BCUT2D eigenvalue weighted by Gasteiger charge is 2.31. The first-order valence-corrected chi connectivity index (χ1v) is 8.92. The molecule has 2 rings (SSSR count). The molecular weight excluding hydrogens is 416 g/mol. The molecule has 0 saturated heterocycles. The zero-order valence-corrected chi connectivity index (χ0v) is 17.4. The minimum absolute atomic E-state index is 0.0928. The number of benzene rings is 2. The van der Waals surface area contributed by atoms with Crippen LogP contribution in [-0.2, 0) is 9.59 Å². The molecule has 1 atom stereocenters. The Morgan fingerprint density at radius 1 is 1.20 bits per heavy atom. The van der Waals surface area contributed by atoms with E-state index in [0.717, 1.165) is 6.92 Å². The number of para-hydroxylation sites is 1.